The first-order valence-electron chi connectivity index (χ1n) is 5.68. The van der Waals surface area contributed by atoms with Crippen LogP contribution in [0.2, 0.25) is 0 Å². The lowest BCUT2D eigenvalue weighted by molar-refractivity contribution is 0.161. The van der Waals surface area contributed by atoms with Crippen LogP contribution in [-0.4, -0.2) is 48.8 Å². The second kappa shape index (κ2) is 5.69. The Kier molecular flexibility index (Phi) is 4.85. The summed E-state index contributed by atoms with van der Waals surface area (Å²) in [5.74, 6) is 0.380. The van der Waals surface area contributed by atoms with Crippen molar-refractivity contribution in [2.45, 2.75) is 38.8 Å². The van der Waals surface area contributed by atoms with Crippen LogP contribution in [0.4, 0.5) is 0 Å². The highest BCUT2D eigenvalue weighted by atomic mass is 16.3. The Bertz CT molecular complexity index is 163. The number of nitrogens with one attached hydrogen (secondary N) is 1. The normalized spacial score (nSPS) is 31.7. The summed E-state index contributed by atoms with van der Waals surface area (Å²) < 4.78 is 0. The summed E-state index contributed by atoms with van der Waals surface area (Å²) in [6.07, 6.45) is 2.47. The van der Waals surface area contributed by atoms with Crippen LogP contribution < -0.4 is 5.32 Å². The third-order valence-corrected chi connectivity index (χ3v) is 3.28. The molecule has 0 aromatic heterocycles. The van der Waals surface area contributed by atoms with Crippen molar-refractivity contribution in [2.75, 3.05) is 26.7 Å². The molecule has 3 atom stereocenters. The van der Waals surface area contributed by atoms with E-state index >= 15 is 0 Å². The van der Waals surface area contributed by atoms with Crippen molar-refractivity contribution < 1.29 is 5.11 Å². The zero-order valence-electron chi connectivity index (χ0n) is 9.66. The highest BCUT2D eigenvalue weighted by Crippen LogP contribution is 2.15. The number of hydrogen-bond donors (Lipinski definition) is 2. The van der Waals surface area contributed by atoms with Gasteiger partial charge in [0, 0.05) is 25.2 Å². The molecule has 1 saturated heterocycles. The van der Waals surface area contributed by atoms with Crippen LogP contribution in [0, 0.1) is 5.92 Å². The Hall–Kier alpha value is -0.120. The van der Waals surface area contributed by atoms with E-state index in [0.29, 0.717) is 18.0 Å². The number of aliphatic hydroxyl groups excluding tert-OH is 1. The molecule has 2 N–H and O–H groups in total. The number of likely N-dealkylation sites (tertiary alicyclic amines) is 1. The van der Waals surface area contributed by atoms with E-state index in [1.807, 2.05) is 0 Å². The molecule has 0 bridgehead atoms. The Balaban J connectivity index is 2.20. The predicted octanol–water partition coefficient (Wildman–Crippen LogP) is 0.687. The standard InChI is InChI=1S/C11H24N2O/c1-9(8-14)7-12-11-4-5-13(3)10(2)6-11/h9-12,14H,4-8H2,1-3H3. The quantitative estimate of drug-likeness (QED) is 0.701. The van der Waals surface area contributed by atoms with Gasteiger partial charge in [0.15, 0.2) is 0 Å². The number of piperidine rings is 1. The van der Waals surface area contributed by atoms with Crippen LogP contribution in [-0.2, 0) is 0 Å². The molecule has 0 radical (unpaired) electrons. The summed E-state index contributed by atoms with van der Waals surface area (Å²) in [6, 6.07) is 1.33. The van der Waals surface area contributed by atoms with Crippen LogP contribution in [0.3, 0.4) is 0 Å². The molecule has 1 aliphatic heterocycles. The maximum Gasteiger partial charge on any atom is 0.0468 e. The average molecular weight is 200 g/mol. The summed E-state index contributed by atoms with van der Waals surface area (Å²) in [6.45, 7) is 6.77. The molecule has 1 fully saturated rings. The predicted molar refractivity (Wildman–Crippen MR) is 59.4 cm³/mol. The van der Waals surface area contributed by atoms with Gasteiger partial charge in [0.1, 0.15) is 0 Å². The Morgan fingerprint density at radius 3 is 2.86 bits per heavy atom. The van der Waals surface area contributed by atoms with Crippen LogP contribution in [0.25, 0.3) is 0 Å². The van der Waals surface area contributed by atoms with Crippen LogP contribution in [0.5, 0.6) is 0 Å². The molecule has 0 spiro atoms. The zero-order chi connectivity index (χ0) is 10.6. The van der Waals surface area contributed by atoms with Gasteiger partial charge in [-0.1, -0.05) is 6.92 Å². The third kappa shape index (κ3) is 3.56. The van der Waals surface area contributed by atoms with Gasteiger partial charge >= 0.3 is 0 Å². The lowest BCUT2D eigenvalue weighted by Gasteiger charge is -2.35. The van der Waals surface area contributed by atoms with E-state index in [2.05, 4.69) is 31.1 Å². The molecule has 3 unspecified atom stereocenters. The van der Waals surface area contributed by atoms with Gasteiger partial charge in [-0.3, -0.25) is 0 Å². The SMILES string of the molecule is CC(CO)CNC1CCN(C)C(C)C1. The topological polar surface area (TPSA) is 35.5 Å². The van der Waals surface area contributed by atoms with Crippen molar-refractivity contribution in [1.29, 1.82) is 0 Å². The van der Waals surface area contributed by atoms with Crippen molar-refractivity contribution >= 4 is 0 Å². The van der Waals surface area contributed by atoms with E-state index in [4.69, 9.17) is 5.11 Å². The molecule has 0 saturated carbocycles. The minimum absolute atomic E-state index is 0.287. The molecule has 84 valence electrons. The first-order chi connectivity index (χ1) is 6.63. The van der Waals surface area contributed by atoms with E-state index in [1.54, 1.807) is 0 Å². The maximum atomic E-state index is 8.91. The van der Waals surface area contributed by atoms with Gasteiger partial charge < -0.3 is 15.3 Å². The molecular formula is C11H24N2O. The summed E-state index contributed by atoms with van der Waals surface area (Å²) in [4.78, 5) is 2.41. The monoisotopic (exact) mass is 200 g/mol. The van der Waals surface area contributed by atoms with Gasteiger partial charge in [0.25, 0.3) is 0 Å². The second-order valence-electron chi connectivity index (χ2n) is 4.75. The number of aliphatic hydroxyl groups is 1. The highest BCUT2D eigenvalue weighted by Gasteiger charge is 2.22. The summed E-state index contributed by atoms with van der Waals surface area (Å²) in [7, 11) is 2.19. The van der Waals surface area contributed by atoms with Crippen molar-refractivity contribution in [1.82, 2.24) is 10.2 Å². The highest BCUT2D eigenvalue weighted by molar-refractivity contribution is 4.81. The average Bonchev–Trinajstić information content (AvgIpc) is 2.19. The van der Waals surface area contributed by atoms with Crippen molar-refractivity contribution in [3.8, 4) is 0 Å². The van der Waals surface area contributed by atoms with E-state index < -0.39 is 0 Å². The summed E-state index contributed by atoms with van der Waals surface area (Å²) in [5.41, 5.74) is 0. The molecule has 1 aliphatic rings. The summed E-state index contributed by atoms with van der Waals surface area (Å²) in [5, 5.41) is 12.4. The number of rotatable bonds is 4. The molecule has 0 aliphatic carbocycles. The smallest absolute Gasteiger partial charge is 0.0468 e. The lowest BCUT2D eigenvalue weighted by atomic mass is 9.98. The van der Waals surface area contributed by atoms with Gasteiger partial charge in [-0.15, -0.1) is 0 Å². The van der Waals surface area contributed by atoms with Crippen LogP contribution in [0.1, 0.15) is 26.7 Å². The molecule has 0 aromatic carbocycles. The van der Waals surface area contributed by atoms with Gasteiger partial charge in [-0.25, -0.2) is 0 Å². The molecule has 1 rings (SSSR count). The van der Waals surface area contributed by atoms with Crippen molar-refractivity contribution in [3.63, 3.8) is 0 Å². The number of hydrogen-bond acceptors (Lipinski definition) is 3. The minimum Gasteiger partial charge on any atom is -0.396 e. The van der Waals surface area contributed by atoms with Crippen molar-refractivity contribution in [2.24, 2.45) is 5.92 Å². The lowest BCUT2D eigenvalue weighted by Crippen LogP contribution is -2.46. The molecule has 0 aromatic rings. The van der Waals surface area contributed by atoms with Gasteiger partial charge in [0.05, 0.1) is 0 Å². The molecule has 0 amide bonds. The van der Waals surface area contributed by atoms with Gasteiger partial charge in [0.2, 0.25) is 0 Å². The minimum atomic E-state index is 0.287. The number of nitrogens with zero attached hydrogens (tertiary/aromatic N) is 1. The molecule has 14 heavy (non-hydrogen) atoms. The molecular weight excluding hydrogens is 176 g/mol. The first-order valence-corrected chi connectivity index (χ1v) is 5.68. The first kappa shape index (κ1) is 12.0. The van der Waals surface area contributed by atoms with Crippen LogP contribution in [0.15, 0.2) is 0 Å². The van der Waals surface area contributed by atoms with Gasteiger partial charge in [-0.05, 0) is 39.3 Å². The van der Waals surface area contributed by atoms with Crippen molar-refractivity contribution in [3.05, 3.63) is 0 Å². The molecule has 3 nitrogen and oxygen atoms in total. The zero-order valence-corrected chi connectivity index (χ0v) is 9.66. The fraction of sp³-hybridized carbons (Fsp3) is 1.00. The Morgan fingerprint density at radius 2 is 2.29 bits per heavy atom. The fourth-order valence-electron chi connectivity index (χ4n) is 1.91. The van der Waals surface area contributed by atoms with E-state index in [9.17, 15) is 0 Å². The molecule has 1 heterocycles. The molecule has 3 heteroatoms. The van der Waals surface area contributed by atoms with E-state index in [0.717, 1.165) is 6.54 Å². The maximum absolute atomic E-state index is 8.91. The largest absolute Gasteiger partial charge is 0.396 e. The van der Waals surface area contributed by atoms with E-state index in [-0.39, 0.29) is 6.61 Å². The Morgan fingerprint density at radius 1 is 1.57 bits per heavy atom. The fourth-order valence-corrected chi connectivity index (χ4v) is 1.91. The van der Waals surface area contributed by atoms with Crippen LogP contribution >= 0.6 is 0 Å². The van der Waals surface area contributed by atoms with Gasteiger partial charge in [-0.2, -0.15) is 0 Å². The third-order valence-electron chi connectivity index (χ3n) is 3.28. The van der Waals surface area contributed by atoms with E-state index in [1.165, 1.54) is 19.4 Å². The second-order valence-corrected chi connectivity index (χ2v) is 4.75. The summed E-state index contributed by atoms with van der Waals surface area (Å²) >= 11 is 0. The Labute approximate surface area is 87.5 Å².